The summed E-state index contributed by atoms with van der Waals surface area (Å²) in [6.45, 7) is 3.48. The molecule has 3 amide bonds. The second-order valence-electron chi connectivity index (χ2n) is 9.99. The van der Waals surface area contributed by atoms with Crippen LogP contribution in [0.25, 0.3) is 10.9 Å². The molecule has 0 spiro atoms. The van der Waals surface area contributed by atoms with Crippen LogP contribution >= 0.6 is 0 Å². The molecule has 1 aromatic carbocycles. The van der Waals surface area contributed by atoms with Gasteiger partial charge in [0.2, 0.25) is 11.8 Å². The SMILES string of the molecule is CC(=O)Nc1c2n(c3ccc(F)cc13)C[C@@](C)(C(=O)NC1CCCC1)N(C1CCCC1)C2=O. The molecule has 2 saturated carbocycles. The van der Waals surface area contributed by atoms with Gasteiger partial charge in [-0.1, -0.05) is 25.7 Å². The van der Waals surface area contributed by atoms with Crippen molar-refractivity contribution in [3.63, 3.8) is 0 Å². The summed E-state index contributed by atoms with van der Waals surface area (Å²) in [5, 5.41) is 6.45. The number of fused-ring (bicyclic) bond motifs is 3. The largest absolute Gasteiger partial charge is 0.351 e. The van der Waals surface area contributed by atoms with E-state index in [0.29, 0.717) is 22.3 Å². The second kappa shape index (κ2) is 8.15. The second-order valence-corrected chi connectivity index (χ2v) is 9.99. The fraction of sp³-hybridized carbons (Fsp3) is 0.560. The highest BCUT2D eigenvalue weighted by Crippen LogP contribution is 2.42. The molecule has 0 saturated heterocycles. The Morgan fingerprint density at radius 2 is 1.76 bits per heavy atom. The first-order valence-corrected chi connectivity index (χ1v) is 12.0. The zero-order valence-electron chi connectivity index (χ0n) is 19.2. The van der Waals surface area contributed by atoms with Gasteiger partial charge in [-0.2, -0.15) is 0 Å². The lowest BCUT2D eigenvalue weighted by Crippen LogP contribution is -2.67. The molecule has 2 heterocycles. The van der Waals surface area contributed by atoms with E-state index in [4.69, 9.17) is 0 Å². The van der Waals surface area contributed by atoms with Crippen molar-refractivity contribution in [3.05, 3.63) is 29.7 Å². The number of benzene rings is 1. The molecule has 2 aliphatic carbocycles. The van der Waals surface area contributed by atoms with E-state index in [2.05, 4.69) is 10.6 Å². The number of amides is 3. The van der Waals surface area contributed by atoms with E-state index in [1.165, 1.54) is 19.1 Å². The van der Waals surface area contributed by atoms with Crippen LogP contribution in [0.4, 0.5) is 10.1 Å². The molecular weight excluding hydrogens is 423 g/mol. The summed E-state index contributed by atoms with van der Waals surface area (Å²) in [5.74, 6) is -1.19. The molecule has 0 radical (unpaired) electrons. The topological polar surface area (TPSA) is 83.4 Å². The number of carbonyl (C=O) groups is 3. The lowest BCUT2D eigenvalue weighted by Gasteiger charge is -2.47. The molecule has 0 unspecified atom stereocenters. The van der Waals surface area contributed by atoms with E-state index < -0.39 is 11.4 Å². The Bertz CT molecular complexity index is 1130. The van der Waals surface area contributed by atoms with Gasteiger partial charge >= 0.3 is 0 Å². The molecule has 0 bridgehead atoms. The van der Waals surface area contributed by atoms with Crippen molar-refractivity contribution in [3.8, 4) is 0 Å². The third kappa shape index (κ3) is 3.60. The average Bonchev–Trinajstić information content (AvgIpc) is 3.50. The fourth-order valence-corrected chi connectivity index (χ4v) is 6.06. The van der Waals surface area contributed by atoms with Gasteiger partial charge in [-0.25, -0.2) is 4.39 Å². The first-order chi connectivity index (χ1) is 15.8. The van der Waals surface area contributed by atoms with Crippen LogP contribution in [-0.4, -0.2) is 44.8 Å². The Morgan fingerprint density at radius 1 is 1.09 bits per heavy atom. The van der Waals surface area contributed by atoms with Crippen molar-refractivity contribution >= 4 is 34.3 Å². The number of hydrogen-bond donors (Lipinski definition) is 2. The molecule has 7 nitrogen and oxygen atoms in total. The van der Waals surface area contributed by atoms with Crippen molar-refractivity contribution in [1.29, 1.82) is 0 Å². The molecule has 8 heteroatoms. The van der Waals surface area contributed by atoms with Crippen LogP contribution in [0.5, 0.6) is 0 Å². The van der Waals surface area contributed by atoms with Gasteiger partial charge < -0.3 is 20.1 Å². The third-order valence-electron chi connectivity index (χ3n) is 7.61. The van der Waals surface area contributed by atoms with E-state index in [-0.39, 0.29) is 36.3 Å². The molecular formula is C25H31FN4O3. The van der Waals surface area contributed by atoms with Crippen molar-refractivity contribution in [2.24, 2.45) is 0 Å². The Morgan fingerprint density at radius 3 is 2.42 bits per heavy atom. The van der Waals surface area contributed by atoms with Crippen molar-refractivity contribution < 1.29 is 18.8 Å². The molecule has 2 N–H and O–H groups in total. The lowest BCUT2D eigenvalue weighted by molar-refractivity contribution is -0.135. The van der Waals surface area contributed by atoms with Crippen LogP contribution in [0, 0.1) is 5.82 Å². The molecule has 2 fully saturated rings. The van der Waals surface area contributed by atoms with E-state index in [1.807, 2.05) is 6.92 Å². The smallest absolute Gasteiger partial charge is 0.273 e. The van der Waals surface area contributed by atoms with Crippen LogP contribution in [0.3, 0.4) is 0 Å². The summed E-state index contributed by atoms with van der Waals surface area (Å²) in [7, 11) is 0. The summed E-state index contributed by atoms with van der Waals surface area (Å²) in [6.07, 6.45) is 7.86. The summed E-state index contributed by atoms with van der Waals surface area (Å²) >= 11 is 0. The van der Waals surface area contributed by atoms with Crippen LogP contribution in [0.2, 0.25) is 0 Å². The number of hydrogen-bond acceptors (Lipinski definition) is 3. The Labute approximate surface area is 192 Å². The number of anilines is 1. The first kappa shape index (κ1) is 21.9. The Balaban J connectivity index is 1.66. The molecule has 2 aromatic rings. The molecule has 3 aliphatic rings. The van der Waals surface area contributed by atoms with Crippen LogP contribution in [0.15, 0.2) is 18.2 Å². The number of carbonyl (C=O) groups excluding carboxylic acids is 3. The normalized spacial score (nSPS) is 23.8. The standard InChI is InChI=1S/C25H31FN4O3/c1-15(31)27-21-19-13-16(26)11-12-20(19)29-14-25(2,24(33)28-17-7-3-4-8-17)30(23(32)22(21)29)18-9-5-6-10-18/h11-13,17-18H,3-10,14H2,1-2H3,(H,27,31)(H,28,33)/t25-/m0/s1. The average molecular weight is 455 g/mol. The van der Waals surface area contributed by atoms with Crippen molar-refractivity contribution in [2.75, 3.05) is 5.32 Å². The van der Waals surface area contributed by atoms with Gasteiger partial charge in [0.15, 0.2) is 0 Å². The highest BCUT2D eigenvalue weighted by Gasteiger charge is 2.52. The van der Waals surface area contributed by atoms with E-state index in [9.17, 15) is 18.8 Å². The molecule has 1 aliphatic heterocycles. The van der Waals surface area contributed by atoms with Crippen LogP contribution < -0.4 is 10.6 Å². The van der Waals surface area contributed by atoms with Crippen molar-refractivity contribution in [2.45, 2.75) is 89.4 Å². The van der Waals surface area contributed by atoms with Crippen LogP contribution in [-0.2, 0) is 16.1 Å². The predicted molar refractivity (Wildman–Crippen MR) is 123 cm³/mol. The maximum absolute atomic E-state index is 14.2. The highest BCUT2D eigenvalue weighted by atomic mass is 19.1. The minimum Gasteiger partial charge on any atom is -0.351 e. The first-order valence-electron chi connectivity index (χ1n) is 12.0. The van der Waals surface area contributed by atoms with Gasteiger partial charge in [-0.15, -0.1) is 0 Å². The predicted octanol–water partition coefficient (Wildman–Crippen LogP) is 3.95. The molecule has 1 aromatic heterocycles. The minimum absolute atomic E-state index is 0.0366. The summed E-state index contributed by atoms with van der Waals surface area (Å²) in [4.78, 5) is 41.6. The molecule has 5 rings (SSSR count). The Kier molecular flexibility index (Phi) is 5.41. The Hall–Kier alpha value is -2.90. The van der Waals surface area contributed by atoms with Gasteiger partial charge in [0, 0.05) is 24.4 Å². The number of nitrogens with one attached hydrogen (secondary N) is 2. The van der Waals surface area contributed by atoms with Gasteiger partial charge in [-0.05, 0) is 50.8 Å². The van der Waals surface area contributed by atoms with Gasteiger partial charge in [0.25, 0.3) is 5.91 Å². The summed E-state index contributed by atoms with van der Waals surface area (Å²) in [5.41, 5.74) is 0.205. The maximum Gasteiger partial charge on any atom is 0.273 e. The van der Waals surface area contributed by atoms with Crippen LogP contribution in [0.1, 0.15) is 75.7 Å². The zero-order chi connectivity index (χ0) is 23.3. The quantitative estimate of drug-likeness (QED) is 0.734. The van der Waals surface area contributed by atoms with Gasteiger partial charge in [0.05, 0.1) is 17.7 Å². The lowest BCUT2D eigenvalue weighted by atomic mass is 9.91. The highest BCUT2D eigenvalue weighted by molar-refractivity contribution is 6.14. The number of aromatic nitrogens is 1. The third-order valence-corrected chi connectivity index (χ3v) is 7.61. The molecule has 33 heavy (non-hydrogen) atoms. The van der Waals surface area contributed by atoms with Gasteiger partial charge in [0.1, 0.15) is 17.1 Å². The molecule has 176 valence electrons. The molecule has 1 atom stereocenters. The maximum atomic E-state index is 14.2. The van der Waals surface area contributed by atoms with E-state index >= 15 is 0 Å². The number of halogens is 1. The summed E-state index contributed by atoms with van der Waals surface area (Å²) < 4.78 is 16.0. The van der Waals surface area contributed by atoms with E-state index in [0.717, 1.165) is 51.4 Å². The monoisotopic (exact) mass is 454 g/mol. The van der Waals surface area contributed by atoms with Crippen molar-refractivity contribution in [1.82, 2.24) is 14.8 Å². The van der Waals surface area contributed by atoms with Gasteiger partial charge in [-0.3, -0.25) is 14.4 Å². The minimum atomic E-state index is -1.07. The zero-order valence-corrected chi connectivity index (χ0v) is 19.2. The number of rotatable bonds is 4. The number of nitrogens with zero attached hydrogens (tertiary/aromatic N) is 2. The summed E-state index contributed by atoms with van der Waals surface area (Å²) in [6, 6.07) is 4.41. The van der Waals surface area contributed by atoms with E-state index in [1.54, 1.807) is 15.5 Å². The fourth-order valence-electron chi connectivity index (χ4n) is 6.06.